The Morgan fingerprint density at radius 1 is 1.24 bits per heavy atom. The van der Waals surface area contributed by atoms with Crippen molar-refractivity contribution in [2.24, 2.45) is 0 Å². The fourth-order valence-electron chi connectivity index (χ4n) is 4.19. The van der Waals surface area contributed by atoms with E-state index >= 15 is 0 Å². The van der Waals surface area contributed by atoms with Crippen LogP contribution in [-0.4, -0.2) is 64.1 Å². The normalized spacial score (nSPS) is 24.0. The molecule has 3 N–H and O–H groups in total. The van der Waals surface area contributed by atoms with Crippen molar-refractivity contribution in [1.82, 2.24) is 24.9 Å². The molecule has 3 aromatic rings. The van der Waals surface area contributed by atoms with Gasteiger partial charge >= 0.3 is 0 Å². The predicted molar refractivity (Wildman–Crippen MR) is 125 cm³/mol. The smallest absolute Gasteiger partial charge is 0.257 e. The third-order valence-electron chi connectivity index (χ3n) is 6.27. The van der Waals surface area contributed by atoms with Gasteiger partial charge in [-0.1, -0.05) is 0 Å². The molecule has 0 bridgehead atoms. The van der Waals surface area contributed by atoms with Gasteiger partial charge in [-0.3, -0.25) is 4.79 Å². The molecule has 1 amide bonds. The van der Waals surface area contributed by atoms with Crippen LogP contribution in [0, 0.1) is 0 Å². The maximum atomic E-state index is 13.3. The van der Waals surface area contributed by atoms with Crippen LogP contribution in [0.4, 0.5) is 21.7 Å². The number of anilines is 3. The van der Waals surface area contributed by atoms with Gasteiger partial charge in [0.2, 0.25) is 5.88 Å². The predicted octanol–water partition coefficient (Wildman–Crippen LogP) is 3.09. The van der Waals surface area contributed by atoms with Crippen molar-refractivity contribution in [3.8, 4) is 5.88 Å². The van der Waals surface area contributed by atoms with E-state index in [0.29, 0.717) is 35.3 Å². The molecule has 10 nitrogen and oxygen atoms in total. The van der Waals surface area contributed by atoms with Gasteiger partial charge in [0.15, 0.2) is 5.65 Å². The molecule has 11 heteroatoms. The maximum Gasteiger partial charge on any atom is 0.257 e. The number of methoxy groups -OCH3 is 1. The number of amides is 1. The summed E-state index contributed by atoms with van der Waals surface area (Å²) in [5.74, 6) is 1.21. The SMILES string of the molecule is CNc1cc(Nc2cccnc2OC2CCC(OC)CC2)nc2c(C(=O)N[C@H]3C[C@H]3F)cnn12. The Labute approximate surface area is 196 Å². The van der Waals surface area contributed by atoms with Crippen LogP contribution in [0.5, 0.6) is 5.88 Å². The van der Waals surface area contributed by atoms with Crippen molar-refractivity contribution in [3.05, 3.63) is 36.2 Å². The van der Waals surface area contributed by atoms with Crippen LogP contribution >= 0.6 is 0 Å². The minimum Gasteiger partial charge on any atom is -0.473 e. The number of carbonyl (C=O) groups is 1. The zero-order valence-electron chi connectivity index (χ0n) is 19.1. The highest BCUT2D eigenvalue weighted by atomic mass is 19.1. The van der Waals surface area contributed by atoms with Crippen LogP contribution in [0.3, 0.4) is 0 Å². The van der Waals surface area contributed by atoms with Gasteiger partial charge in [0.25, 0.3) is 5.91 Å². The minimum atomic E-state index is -0.989. The summed E-state index contributed by atoms with van der Waals surface area (Å²) in [5.41, 5.74) is 1.29. The number of rotatable bonds is 8. The Bertz CT molecular complexity index is 1180. The van der Waals surface area contributed by atoms with Gasteiger partial charge in [-0.05, 0) is 37.8 Å². The Balaban J connectivity index is 1.38. The van der Waals surface area contributed by atoms with E-state index in [-0.39, 0.29) is 17.8 Å². The van der Waals surface area contributed by atoms with Gasteiger partial charge in [0.05, 0.1) is 18.3 Å². The number of hydrogen-bond donors (Lipinski definition) is 3. The number of alkyl halides is 1. The summed E-state index contributed by atoms with van der Waals surface area (Å²) in [6.07, 6.45) is 6.54. The molecule has 0 unspecified atom stereocenters. The zero-order valence-corrected chi connectivity index (χ0v) is 19.1. The molecule has 3 aromatic heterocycles. The molecule has 0 aliphatic heterocycles. The van der Waals surface area contributed by atoms with Crippen LogP contribution in [0.1, 0.15) is 42.5 Å². The average molecular weight is 470 g/mol. The van der Waals surface area contributed by atoms with E-state index in [1.165, 1.54) is 10.7 Å². The van der Waals surface area contributed by atoms with Crippen LogP contribution in [0.25, 0.3) is 5.65 Å². The zero-order chi connectivity index (χ0) is 23.7. The van der Waals surface area contributed by atoms with Crippen molar-refractivity contribution in [2.75, 3.05) is 24.8 Å². The van der Waals surface area contributed by atoms with Crippen LogP contribution in [0.2, 0.25) is 0 Å². The molecule has 2 fully saturated rings. The average Bonchev–Trinajstić information content (AvgIpc) is 3.37. The van der Waals surface area contributed by atoms with Crippen LogP contribution in [0.15, 0.2) is 30.6 Å². The van der Waals surface area contributed by atoms with Crippen molar-refractivity contribution >= 4 is 28.9 Å². The highest BCUT2D eigenvalue weighted by molar-refractivity contribution is 6.00. The van der Waals surface area contributed by atoms with Crippen LogP contribution in [-0.2, 0) is 4.74 Å². The molecule has 5 rings (SSSR count). The summed E-state index contributed by atoms with van der Waals surface area (Å²) in [7, 11) is 3.50. The summed E-state index contributed by atoms with van der Waals surface area (Å²) >= 11 is 0. The summed E-state index contributed by atoms with van der Waals surface area (Å²) in [6, 6.07) is 5.02. The number of ether oxygens (including phenoxy) is 2. The van der Waals surface area contributed by atoms with Crippen molar-refractivity contribution in [1.29, 1.82) is 0 Å². The number of pyridine rings is 1. The quantitative estimate of drug-likeness (QED) is 0.461. The Morgan fingerprint density at radius 2 is 2.00 bits per heavy atom. The van der Waals surface area contributed by atoms with Gasteiger partial charge < -0.3 is 25.4 Å². The van der Waals surface area contributed by atoms with E-state index in [0.717, 1.165) is 25.7 Å². The molecule has 2 atom stereocenters. The number of aromatic nitrogens is 4. The fourth-order valence-corrected chi connectivity index (χ4v) is 4.19. The van der Waals surface area contributed by atoms with Gasteiger partial charge in [0, 0.05) is 32.8 Å². The number of nitrogens with one attached hydrogen (secondary N) is 3. The molecule has 34 heavy (non-hydrogen) atoms. The second-order valence-electron chi connectivity index (χ2n) is 8.64. The standard InChI is InChI=1S/C23H28FN7O3/c1-25-20-11-19(30-21-15(12-27-31(20)21)22(32)29-18-10-16(18)24)28-17-4-3-9-26-23(17)34-14-7-5-13(33-2)6-8-14/h3-4,9,11-14,16,18,25H,5-8,10H2,1-2H3,(H,28,30)(H,29,32)/t13?,14?,16-,18+/m1/s1. The first-order valence-corrected chi connectivity index (χ1v) is 11.5. The number of nitrogens with zero attached hydrogens (tertiary/aromatic N) is 4. The van der Waals surface area contributed by atoms with E-state index in [1.807, 2.05) is 12.1 Å². The van der Waals surface area contributed by atoms with Crippen LogP contribution < -0.4 is 20.7 Å². The minimum absolute atomic E-state index is 0.0667. The lowest BCUT2D eigenvalue weighted by Crippen LogP contribution is -2.28. The first-order chi connectivity index (χ1) is 16.6. The van der Waals surface area contributed by atoms with Crippen molar-refractivity contribution in [2.45, 2.75) is 56.5 Å². The van der Waals surface area contributed by atoms with E-state index in [4.69, 9.17) is 9.47 Å². The molecule has 3 heterocycles. The van der Waals surface area contributed by atoms with E-state index in [9.17, 15) is 9.18 Å². The summed E-state index contributed by atoms with van der Waals surface area (Å²) < 4.78 is 26.5. The maximum absolute atomic E-state index is 13.3. The van der Waals surface area contributed by atoms with Gasteiger partial charge in [-0.15, -0.1) is 0 Å². The highest BCUT2D eigenvalue weighted by Gasteiger charge is 2.39. The second kappa shape index (κ2) is 9.41. The number of halogens is 1. The third-order valence-corrected chi connectivity index (χ3v) is 6.27. The number of carbonyl (C=O) groups excluding carboxylic acids is 1. The third kappa shape index (κ3) is 4.60. The first-order valence-electron chi connectivity index (χ1n) is 11.5. The molecule has 2 aliphatic rings. The monoisotopic (exact) mass is 469 g/mol. The molecule has 0 spiro atoms. The molecule has 0 aromatic carbocycles. The lowest BCUT2D eigenvalue weighted by molar-refractivity contribution is 0.0317. The molecular weight excluding hydrogens is 441 g/mol. The fraction of sp³-hybridized carbons (Fsp3) is 0.478. The second-order valence-corrected chi connectivity index (χ2v) is 8.64. The molecule has 2 aliphatic carbocycles. The van der Waals surface area contributed by atoms with E-state index in [1.54, 1.807) is 26.4 Å². The Morgan fingerprint density at radius 3 is 2.71 bits per heavy atom. The largest absolute Gasteiger partial charge is 0.473 e. The van der Waals surface area contributed by atoms with Gasteiger partial charge in [-0.25, -0.2) is 14.4 Å². The number of fused-ring (bicyclic) bond motifs is 1. The summed E-state index contributed by atoms with van der Waals surface area (Å²) in [6.45, 7) is 0. The van der Waals surface area contributed by atoms with Gasteiger partial charge in [-0.2, -0.15) is 9.61 Å². The summed E-state index contributed by atoms with van der Waals surface area (Å²) in [5, 5.41) is 13.3. The molecule has 2 saturated carbocycles. The van der Waals surface area contributed by atoms with Gasteiger partial charge in [0.1, 0.15) is 35.2 Å². The highest BCUT2D eigenvalue weighted by Crippen LogP contribution is 2.31. The lowest BCUT2D eigenvalue weighted by atomic mass is 9.95. The lowest BCUT2D eigenvalue weighted by Gasteiger charge is -2.28. The van der Waals surface area contributed by atoms with E-state index in [2.05, 4.69) is 31.0 Å². The molecule has 0 radical (unpaired) electrons. The summed E-state index contributed by atoms with van der Waals surface area (Å²) in [4.78, 5) is 21.7. The molecule has 180 valence electrons. The first kappa shape index (κ1) is 22.3. The van der Waals surface area contributed by atoms with E-state index < -0.39 is 18.1 Å². The Hall–Kier alpha value is -3.47. The molecule has 0 saturated heterocycles. The van der Waals surface area contributed by atoms with Crippen molar-refractivity contribution < 1.29 is 18.7 Å². The van der Waals surface area contributed by atoms with Crippen molar-refractivity contribution in [3.63, 3.8) is 0 Å². The number of hydrogen-bond acceptors (Lipinski definition) is 8. The molecular formula is C23H28FN7O3. The topological polar surface area (TPSA) is 115 Å². The Kier molecular flexibility index (Phi) is 6.18.